The molecule has 0 spiro atoms. The SMILES string of the molecule is CN(Cc1ccccc1)CC1CC(c2ccc(CO)cc2)OC(c2cccc(-c3cccc(CNC(=O)CCCCC(=O)O)c3)c2)O1. The van der Waals surface area contributed by atoms with Crippen molar-refractivity contribution in [2.24, 2.45) is 0 Å². The summed E-state index contributed by atoms with van der Waals surface area (Å²) < 4.78 is 13.2. The summed E-state index contributed by atoms with van der Waals surface area (Å²) in [6.45, 7) is 1.96. The highest BCUT2D eigenvalue weighted by atomic mass is 16.7. The van der Waals surface area contributed by atoms with Crippen LogP contribution in [0.4, 0.5) is 0 Å². The topological polar surface area (TPSA) is 108 Å². The van der Waals surface area contributed by atoms with Crippen molar-refractivity contribution < 1.29 is 29.3 Å². The van der Waals surface area contributed by atoms with E-state index in [1.54, 1.807) is 0 Å². The van der Waals surface area contributed by atoms with Crippen molar-refractivity contribution in [1.29, 1.82) is 0 Å². The Bertz CT molecular complexity index is 1590. The molecule has 1 fully saturated rings. The number of unbranched alkanes of at least 4 members (excludes halogenated alkanes) is 1. The first-order valence-electron chi connectivity index (χ1n) is 16.3. The van der Waals surface area contributed by atoms with Gasteiger partial charge in [0.05, 0.1) is 18.8 Å². The van der Waals surface area contributed by atoms with Gasteiger partial charge in [-0.05, 0) is 65.4 Å². The number of carboxylic acid groups (broad SMARTS) is 1. The van der Waals surface area contributed by atoms with Crippen LogP contribution in [0.15, 0.2) is 103 Å². The lowest BCUT2D eigenvalue weighted by Crippen LogP contribution is -2.37. The minimum absolute atomic E-state index is 0.000589. The molecule has 8 heteroatoms. The lowest BCUT2D eigenvalue weighted by atomic mass is 9.98. The highest BCUT2D eigenvalue weighted by Crippen LogP contribution is 2.39. The van der Waals surface area contributed by atoms with Crippen molar-refractivity contribution in [3.63, 3.8) is 0 Å². The van der Waals surface area contributed by atoms with E-state index < -0.39 is 12.3 Å². The van der Waals surface area contributed by atoms with Crippen LogP contribution in [0.1, 0.15) is 72.3 Å². The van der Waals surface area contributed by atoms with Gasteiger partial charge >= 0.3 is 5.97 Å². The Kier molecular flexibility index (Phi) is 12.3. The Labute approximate surface area is 277 Å². The van der Waals surface area contributed by atoms with Crippen LogP contribution in [0.5, 0.6) is 0 Å². The number of ether oxygens (including phenoxy) is 2. The molecule has 0 bridgehead atoms. The fraction of sp³-hybridized carbons (Fsp3) is 0.333. The molecule has 0 aliphatic carbocycles. The predicted molar refractivity (Wildman–Crippen MR) is 181 cm³/mol. The third-order valence-electron chi connectivity index (χ3n) is 8.38. The van der Waals surface area contributed by atoms with E-state index in [4.69, 9.17) is 14.6 Å². The molecule has 5 rings (SSSR count). The molecule has 3 unspecified atom stereocenters. The number of carboxylic acids is 1. The number of likely N-dealkylation sites (N-methyl/N-ethyl adjacent to an activating group) is 1. The number of aliphatic hydroxyl groups is 1. The second kappa shape index (κ2) is 17.0. The molecule has 1 heterocycles. The van der Waals surface area contributed by atoms with Crippen LogP contribution in [0, 0.1) is 0 Å². The molecule has 1 aliphatic heterocycles. The molecule has 246 valence electrons. The molecular formula is C39H44N2O6. The van der Waals surface area contributed by atoms with Crippen molar-refractivity contribution in [1.82, 2.24) is 10.2 Å². The third kappa shape index (κ3) is 10.3. The van der Waals surface area contributed by atoms with Gasteiger partial charge < -0.3 is 25.0 Å². The van der Waals surface area contributed by atoms with Gasteiger partial charge in [-0.2, -0.15) is 0 Å². The van der Waals surface area contributed by atoms with Crippen LogP contribution in [0.25, 0.3) is 11.1 Å². The molecule has 4 aromatic carbocycles. The molecule has 0 aromatic heterocycles. The van der Waals surface area contributed by atoms with Gasteiger partial charge in [0, 0.05) is 44.5 Å². The summed E-state index contributed by atoms with van der Waals surface area (Å²) in [7, 11) is 2.11. The third-order valence-corrected chi connectivity index (χ3v) is 8.38. The van der Waals surface area contributed by atoms with Gasteiger partial charge in [-0.25, -0.2) is 0 Å². The Balaban J connectivity index is 1.28. The lowest BCUT2D eigenvalue weighted by Gasteiger charge is -2.38. The van der Waals surface area contributed by atoms with Crippen LogP contribution in [0.3, 0.4) is 0 Å². The molecule has 3 N–H and O–H groups in total. The zero-order valence-corrected chi connectivity index (χ0v) is 26.9. The molecule has 1 amide bonds. The van der Waals surface area contributed by atoms with E-state index in [-0.39, 0.29) is 31.1 Å². The number of nitrogens with zero attached hydrogens (tertiary/aromatic N) is 1. The monoisotopic (exact) mass is 636 g/mol. The normalized spacial score (nSPS) is 17.8. The van der Waals surface area contributed by atoms with Gasteiger partial charge in [-0.1, -0.05) is 91.0 Å². The minimum atomic E-state index is -0.840. The molecule has 47 heavy (non-hydrogen) atoms. The molecule has 0 saturated carbocycles. The number of aliphatic hydroxyl groups excluding tert-OH is 1. The fourth-order valence-corrected chi connectivity index (χ4v) is 5.92. The number of nitrogens with one attached hydrogen (secondary N) is 1. The van der Waals surface area contributed by atoms with Crippen LogP contribution >= 0.6 is 0 Å². The summed E-state index contributed by atoms with van der Waals surface area (Å²) in [5.41, 5.74) is 7.11. The maximum Gasteiger partial charge on any atom is 0.303 e. The molecule has 0 radical (unpaired) electrons. The van der Waals surface area contributed by atoms with Gasteiger partial charge in [0.15, 0.2) is 6.29 Å². The zero-order chi connectivity index (χ0) is 33.0. The quantitative estimate of drug-likeness (QED) is 0.123. The number of benzene rings is 4. The highest BCUT2D eigenvalue weighted by molar-refractivity contribution is 5.76. The fourth-order valence-electron chi connectivity index (χ4n) is 5.92. The van der Waals surface area contributed by atoms with Crippen LogP contribution in [0.2, 0.25) is 0 Å². The van der Waals surface area contributed by atoms with E-state index in [0.29, 0.717) is 32.2 Å². The van der Waals surface area contributed by atoms with Crippen molar-refractivity contribution >= 4 is 11.9 Å². The van der Waals surface area contributed by atoms with Gasteiger partial charge in [-0.3, -0.25) is 14.5 Å². The van der Waals surface area contributed by atoms with Crippen LogP contribution < -0.4 is 5.32 Å². The first-order valence-corrected chi connectivity index (χ1v) is 16.3. The Morgan fingerprint density at radius 3 is 2.23 bits per heavy atom. The maximum absolute atomic E-state index is 12.3. The van der Waals surface area contributed by atoms with E-state index in [1.807, 2.05) is 60.7 Å². The van der Waals surface area contributed by atoms with Gasteiger partial charge in [0.1, 0.15) is 0 Å². The average molecular weight is 637 g/mol. The average Bonchev–Trinajstić information content (AvgIpc) is 3.09. The van der Waals surface area contributed by atoms with E-state index in [2.05, 4.69) is 59.7 Å². The number of aliphatic carboxylic acids is 1. The molecule has 1 saturated heterocycles. The number of carbonyl (C=O) groups is 2. The second-order valence-corrected chi connectivity index (χ2v) is 12.2. The first-order chi connectivity index (χ1) is 22.9. The Hall–Kier alpha value is -4.34. The van der Waals surface area contributed by atoms with Gasteiger partial charge in [0.2, 0.25) is 5.91 Å². The zero-order valence-electron chi connectivity index (χ0n) is 26.9. The molecule has 4 aromatic rings. The summed E-state index contributed by atoms with van der Waals surface area (Å²) in [6.07, 6.45) is 1.34. The summed E-state index contributed by atoms with van der Waals surface area (Å²) in [6, 6.07) is 34.6. The lowest BCUT2D eigenvalue weighted by molar-refractivity contribution is -0.252. The molecule has 1 aliphatic rings. The molecule has 3 atom stereocenters. The summed E-state index contributed by atoms with van der Waals surface area (Å²) in [5.74, 6) is -0.925. The number of hydrogen-bond acceptors (Lipinski definition) is 6. The first kappa shape index (κ1) is 34.0. The summed E-state index contributed by atoms with van der Waals surface area (Å²) in [5, 5.41) is 21.3. The van der Waals surface area contributed by atoms with Crippen molar-refractivity contribution in [2.45, 2.75) is 70.3 Å². The number of amides is 1. The van der Waals surface area contributed by atoms with Crippen molar-refractivity contribution in [3.05, 3.63) is 131 Å². The van der Waals surface area contributed by atoms with Crippen LogP contribution in [-0.4, -0.2) is 46.7 Å². The number of hydrogen-bond donors (Lipinski definition) is 3. The van der Waals surface area contributed by atoms with Gasteiger partial charge in [0.25, 0.3) is 0 Å². The summed E-state index contributed by atoms with van der Waals surface area (Å²) in [4.78, 5) is 25.3. The van der Waals surface area contributed by atoms with E-state index in [9.17, 15) is 14.7 Å². The van der Waals surface area contributed by atoms with Crippen LogP contribution in [-0.2, 0) is 38.8 Å². The largest absolute Gasteiger partial charge is 0.481 e. The van der Waals surface area contributed by atoms with Gasteiger partial charge in [-0.15, -0.1) is 0 Å². The maximum atomic E-state index is 12.3. The minimum Gasteiger partial charge on any atom is -0.481 e. The highest BCUT2D eigenvalue weighted by Gasteiger charge is 2.33. The second-order valence-electron chi connectivity index (χ2n) is 12.2. The smallest absolute Gasteiger partial charge is 0.303 e. The van der Waals surface area contributed by atoms with E-state index in [0.717, 1.165) is 46.5 Å². The Morgan fingerprint density at radius 2 is 1.49 bits per heavy atom. The van der Waals surface area contributed by atoms with Crippen molar-refractivity contribution in [3.8, 4) is 11.1 Å². The standard InChI is InChI=1S/C39H44N2O6/c1-41(25-28-9-3-2-4-10-28)26-35-23-36(31-19-17-29(27-42)18-20-31)47-39(46-35)34-14-8-13-33(22-34)32-12-7-11-30(21-32)24-40-37(43)15-5-6-16-38(44)45/h2-4,7-14,17-22,35-36,39,42H,5-6,15-16,23-27H2,1H3,(H,40,43)(H,44,45). The summed E-state index contributed by atoms with van der Waals surface area (Å²) >= 11 is 0. The molecular weight excluding hydrogens is 592 g/mol. The predicted octanol–water partition coefficient (Wildman–Crippen LogP) is 6.78. The Morgan fingerprint density at radius 1 is 0.787 bits per heavy atom. The van der Waals surface area contributed by atoms with E-state index >= 15 is 0 Å². The number of rotatable bonds is 15. The van der Waals surface area contributed by atoms with E-state index in [1.165, 1.54) is 5.56 Å². The molecule has 8 nitrogen and oxygen atoms in total. The van der Waals surface area contributed by atoms with Crippen molar-refractivity contribution in [2.75, 3.05) is 13.6 Å². The number of carbonyl (C=O) groups excluding carboxylic acids is 1.